The first-order valence-electron chi connectivity index (χ1n) is 10.8. The van der Waals surface area contributed by atoms with Crippen LogP contribution in [0.1, 0.15) is 5.69 Å². The molecule has 5 aromatic rings. The van der Waals surface area contributed by atoms with Crippen LogP contribution in [0.3, 0.4) is 0 Å². The lowest BCUT2D eigenvalue weighted by Crippen LogP contribution is -2.33. The van der Waals surface area contributed by atoms with Gasteiger partial charge in [-0.3, -0.25) is 14.3 Å². The van der Waals surface area contributed by atoms with Gasteiger partial charge < -0.3 is 14.2 Å². The summed E-state index contributed by atoms with van der Waals surface area (Å²) in [7, 11) is 5.99. The van der Waals surface area contributed by atoms with Gasteiger partial charge in [0.1, 0.15) is 5.65 Å². The van der Waals surface area contributed by atoms with Crippen molar-refractivity contribution >= 4 is 22.1 Å². The van der Waals surface area contributed by atoms with Gasteiger partial charge >= 0.3 is 5.69 Å². The highest BCUT2D eigenvalue weighted by molar-refractivity contribution is 6.09. The van der Waals surface area contributed by atoms with Crippen molar-refractivity contribution in [3.8, 4) is 34.1 Å². The molecule has 0 bridgehead atoms. The molecule has 35 heavy (non-hydrogen) atoms. The summed E-state index contributed by atoms with van der Waals surface area (Å²) >= 11 is 0. The maximum absolute atomic E-state index is 13.4. The number of aryl methyl sites for hydroxylation is 1. The van der Waals surface area contributed by atoms with Gasteiger partial charge in [0, 0.05) is 12.6 Å². The Balaban J connectivity index is 2.02. The molecular weight excluding hydrogens is 450 g/mol. The summed E-state index contributed by atoms with van der Waals surface area (Å²) in [4.78, 5) is 33.3. The van der Waals surface area contributed by atoms with Crippen molar-refractivity contribution in [2.75, 3.05) is 21.3 Å². The average Bonchev–Trinajstić information content (AvgIpc) is 3.21. The smallest absolute Gasteiger partial charge is 0.329 e. The summed E-state index contributed by atoms with van der Waals surface area (Å²) in [6, 6.07) is 13.0. The van der Waals surface area contributed by atoms with Crippen molar-refractivity contribution in [1.82, 2.24) is 24.3 Å². The Morgan fingerprint density at radius 2 is 1.57 bits per heavy atom. The van der Waals surface area contributed by atoms with Crippen molar-refractivity contribution < 1.29 is 14.2 Å². The average molecular weight is 473 g/mol. The van der Waals surface area contributed by atoms with Crippen LogP contribution in [0, 0.1) is 6.92 Å². The first-order valence-corrected chi connectivity index (χ1v) is 10.8. The highest BCUT2D eigenvalue weighted by Gasteiger charge is 2.24. The van der Waals surface area contributed by atoms with E-state index in [1.165, 1.54) is 28.4 Å². The van der Waals surface area contributed by atoms with Crippen molar-refractivity contribution in [2.45, 2.75) is 6.92 Å². The lowest BCUT2D eigenvalue weighted by molar-refractivity contribution is 0.324. The van der Waals surface area contributed by atoms with Crippen LogP contribution in [-0.2, 0) is 7.05 Å². The Morgan fingerprint density at radius 3 is 2.17 bits per heavy atom. The number of nitrogens with one attached hydrogen (secondary N) is 1. The minimum Gasteiger partial charge on any atom is -0.493 e. The lowest BCUT2D eigenvalue weighted by atomic mass is 9.98. The van der Waals surface area contributed by atoms with Crippen LogP contribution in [0.4, 0.5) is 0 Å². The first kappa shape index (κ1) is 22.2. The molecule has 0 amide bonds. The quantitative estimate of drug-likeness (QED) is 0.418. The van der Waals surface area contributed by atoms with E-state index < -0.39 is 11.2 Å². The summed E-state index contributed by atoms with van der Waals surface area (Å²) in [5, 5.41) is 5.65. The number of para-hydroxylation sites is 1. The molecule has 0 aliphatic heterocycles. The number of fused-ring (bicyclic) bond motifs is 2. The number of hydrogen-bond donors (Lipinski definition) is 1. The molecule has 0 fully saturated rings. The van der Waals surface area contributed by atoms with Crippen LogP contribution < -0.4 is 25.5 Å². The second-order valence-electron chi connectivity index (χ2n) is 7.95. The number of methoxy groups -OCH3 is 3. The molecule has 5 rings (SSSR count). The van der Waals surface area contributed by atoms with Crippen molar-refractivity contribution in [3.63, 3.8) is 0 Å². The fourth-order valence-electron chi connectivity index (χ4n) is 4.32. The second-order valence-corrected chi connectivity index (χ2v) is 7.95. The normalized spacial score (nSPS) is 11.2. The van der Waals surface area contributed by atoms with Crippen LogP contribution in [0.2, 0.25) is 0 Å². The van der Waals surface area contributed by atoms with Crippen LogP contribution in [-0.4, -0.2) is 45.6 Å². The Labute approximate surface area is 199 Å². The van der Waals surface area contributed by atoms with E-state index in [0.717, 1.165) is 10.3 Å². The van der Waals surface area contributed by atoms with Gasteiger partial charge in [0.25, 0.3) is 5.56 Å². The topological polar surface area (TPSA) is 113 Å². The van der Waals surface area contributed by atoms with Gasteiger partial charge in [-0.05, 0) is 36.8 Å². The molecule has 0 unspecified atom stereocenters. The second kappa shape index (κ2) is 8.32. The summed E-state index contributed by atoms with van der Waals surface area (Å²) in [5.74, 6) is 1.27. The molecule has 0 saturated heterocycles. The molecule has 3 aromatic heterocycles. The number of rotatable bonds is 5. The number of aromatic amines is 1. The monoisotopic (exact) mass is 473 g/mol. The van der Waals surface area contributed by atoms with Crippen LogP contribution in [0.15, 0.2) is 52.1 Å². The van der Waals surface area contributed by atoms with Crippen LogP contribution in [0.5, 0.6) is 17.2 Å². The highest BCUT2D eigenvalue weighted by Crippen LogP contribution is 2.44. The van der Waals surface area contributed by atoms with E-state index in [9.17, 15) is 9.59 Å². The summed E-state index contributed by atoms with van der Waals surface area (Å²) in [6.45, 7) is 1.85. The van der Waals surface area contributed by atoms with Gasteiger partial charge in [-0.2, -0.15) is 5.10 Å². The third-order valence-corrected chi connectivity index (χ3v) is 5.99. The fraction of sp³-hybridized carbons (Fsp3) is 0.200. The number of benzene rings is 2. The Morgan fingerprint density at radius 1 is 0.914 bits per heavy atom. The van der Waals surface area contributed by atoms with Gasteiger partial charge in [0.15, 0.2) is 17.1 Å². The van der Waals surface area contributed by atoms with E-state index >= 15 is 0 Å². The zero-order valence-electron chi connectivity index (χ0n) is 19.9. The van der Waals surface area contributed by atoms with Crippen molar-refractivity contribution in [1.29, 1.82) is 0 Å². The van der Waals surface area contributed by atoms with Gasteiger partial charge in [0.05, 0.1) is 43.5 Å². The molecule has 0 aliphatic rings. The van der Waals surface area contributed by atoms with Gasteiger partial charge in [0.2, 0.25) is 5.75 Å². The largest absolute Gasteiger partial charge is 0.493 e. The minimum atomic E-state index is -0.562. The van der Waals surface area contributed by atoms with Gasteiger partial charge in [-0.15, -0.1) is 0 Å². The maximum Gasteiger partial charge on any atom is 0.329 e. The minimum absolute atomic E-state index is 0.159. The van der Waals surface area contributed by atoms with E-state index in [4.69, 9.17) is 19.3 Å². The van der Waals surface area contributed by atoms with E-state index in [1.807, 2.05) is 37.3 Å². The van der Waals surface area contributed by atoms with Crippen molar-refractivity contribution in [2.24, 2.45) is 7.05 Å². The number of hydrogen-bond acceptors (Lipinski definition) is 7. The van der Waals surface area contributed by atoms with Crippen LogP contribution >= 0.6 is 0 Å². The predicted molar refractivity (Wildman–Crippen MR) is 132 cm³/mol. The van der Waals surface area contributed by atoms with E-state index in [2.05, 4.69) is 9.97 Å². The SMILES string of the molecule is COc1cc(-c2c3c(C)nn(-c4ccccc4)c3nc3[nH]c(=O)n(C)c(=O)c23)cc(OC)c1OC. The molecule has 0 spiro atoms. The maximum atomic E-state index is 13.4. The summed E-state index contributed by atoms with van der Waals surface area (Å²) in [5.41, 5.74) is 2.24. The van der Waals surface area contributed by atoms with Gasteiger partial charge in [-0.25, -0.2) is 14.5 Å². The molecule has 0 saturated carbocycles. The first-order chi connectivity index (χ1) is 16.9. The number of H-pyrrole nitrogens is 1. The number of ether oxygens (including phenoxy) is 3. The molecule has 2 aromatic carbocycles. The zero-order chi connectivity index (χ0) is 24.9. The molecule has 0 atom stereocenters. The highest BCUT2D eigenvalue weighted by atomic mass is 16.5. The number of nitrogens with zero attached hydrogens (tertiary/aromatic N) is 4. The third kappa shape index (κ3) is 3.33. The molecule has 0 radical (unpaired) electrons. The van der Waals surface area contributed by atoms with Gasteiger partial charge in [-0.1, -0.05) is 18.2 Å². The fourth-order valence-corrected chi connectivity index (χ4v) is 4.32. The molecular formula is C25H23N5O5. The Hall–Kier alpha value is -4.60. The number of pyridine rings is 1. The molecule has 178 valence electrons. The van der Waals surface area contributed by atoms with Crippen LogP contribution in [0.25, 0.3) is 38.9 Å². The van der Waals surface area contributed by atoms with E-state index in [1.54, 1.807) is 16.8 Å². The molecule has 3 heterocycles. The predicted octanol–water partition coefficient (Wildman–Crippen LogP) is 2.96. The Bertz CT molecular complexity index is 1690. The van der Waals surface area contributed by atoms with E-state index in [0.29, 0.717) is 45.1 Å². The van der Waals surface area contributed by atoms with E-state index in [-0.39, 0.29) is 11.0 Å². The Kier molecular flexibility index (Phi) is 5.28. The molecule has 10 nitrogen and oxygen atoms in total. The zero-order valence-corrected chi connectivity index (χ0v) is 19.9. The summed E-state index contributed by atoms with van der Waals surface area (Å²) < 4.78 is 19.3. The van der Waals surface area contributed by atoms with Crippen molar-refractivity contribution in [3.05, 3.63) is 69.0 Å². The number of aromatic nitrogens is 5. The molecule has 0 aliphatic carbocycles. The summed E-state index contributed by atoms with van der Waals surface area (Å²) in [6.07, 6.45) is 0. The third-order valence-electron chi connectivity index (χ3n) is 5.99. The lowest BCUT2D eigenvalue weighted by Gasteiger charge is -2.16. The standard InChI is InChI=1S/C25H23N5O5/c1-13-18-19(14-11-16(33-3)21(35-5)17(12-14)34-4)20-22(27-25(32)29(2)24(20)31)26-23(18)30(28-13)15-9-7-6-8-10-15/h6-12H,1-5H3,(H,26,27,32). The molecule has 1 N–H and O–H groups in total. The molecule has 10 heteroatoms.